The van der Waals surface area contributed by atoms with E-state index in [0.717, 1.165) is 17.6 Å². The Morgan fingerprint density at radius 1 is 1.06 bits per heavy atom. The highest BCUT2D eigenvalue weighted by atomic mass is 19.1. The first-order valence-corrected chi connectivity index (χ1v) is 11.3. The number of aromatic nitrogens is 4. The molecule has 1 aliphatic carbocycles. The van der Waals surface area contributed by atoms with Gasteiger partial charge in [0.2, 0.25) is 0 Å². The number of pyridine rings is 1. The van der Waals surface area contributed by atoms with E-state index in [1.54, 1.807) is 26.4 Å². The molecule has 0 saturated heterocycles. The van der Waals surface area contributed by atoms with Gasteiger partial charge in [-0.15, -0.1) is 0 Å². The van der Waals surface area contributed by atoms with Crippen LogP contribution in [0.25, 0.3) is 16.7 Å². The zero-order chi connectivity index (χ0) is 23.1. The summed E-state index contributed by atoms with van der Waals surface area (Å²) in [5.41, 5.74) is 3.44. The maximum Gasteiger partial charge on any atom is 0.328 e. The molecule has 174 valence electrons. The van der Waals surface area contributed by atoms with Crippen LogP contribution in [0.15, 0.2) is 47.7 Å². The van der Waals surface area contributed by atoms with E-state index in [0.29, 0.717) is 36.0 Å². The van der Waals surface area contributed by atoms with Gasteiger partial charge in [-0.25, -0.2) is 18.6 Å². The number of nitrogens with one attached hydrogen (secondary N) is 2. The number of alkyl halides is 1. The molecule has 0 spiro atoms. The maximum absolute atomic E-state index is 14.9. The van der Waals surface area contributed by atoms with Crippen LogP contribution in [0.2, 0.25) is 0 Å². The number of hydrogen-bond acceptors (Lipinski definition) is 4. The van der Waals surface area contributed by atoms with Gasteiger partial charge in [0.05, 0.1) is 11.0 Å². The average Bonchev–Trinajstić information content (AvgIpc) is 3.37. The second kappa shape index (κ2) is 8.72. The van der Waals surface area contributed by atoms with Crippen LogP contribution in [0.3, 0.4) is 0 Å². The molecular formula is C24H28F2N6O. The number of hydrogen-bond donors (Lipinski definition) is 2. The molecule has 1 aromatic carbocycles. The average molecular weight is 455 g/mol. The fourth-order valence-electron chi connectivity index (χ4n) is 4.87. The normalized spacial score (nSPS) is 21.3. The molecule has 0 bridgehead atoms. The molecule has 7 nitrogen and oxygen atoms in total. The van der Waals surface area contributed by atoms with E-state index in [4.69, 9.17) is 0 Å². The van der Waals surface area contributed by atoms with Crippen molar-refractivity contribution in [2.45, 2.75) is 50.6 Å². The summed E-state index contributed by atoms with van der Waals surface area (Å²) in [6.07, 6.45) is 6.52. The number of fused-ring (bicyclic) bond motifs is 2. The first-order valence-electron chi connectivity index (χ1n) is 11.3. The second-order valence-electron chi connectivity index (χ2n) is 8.92. The third-order valence-electron chi connectivity index (χ3n) is 6.85. The van der Waals surface area contributed by atoms with Gasteiger partial charge >= 0.3 is 5.69 Å². The molecule has 1 aliphatic rings. The van der Waals surface area contributed by atoms with Gasteiger partial charge in [0.25, 0.3) is 0 Å². The Morgan fingerprint density at radius 3 is 2.61 bits per heavy atom. The Labute approximate surface area is 190 Å². The van der Waals surface area contributed by atoms with Gasteiger partial charge in [0.15, 0.2) is 0 Å². The van der Waals surface area contributed by atoms with Gasteiger partial charge in [-0.3, -0.25) is 9.13 Å². The Balaban J connectivity index is 1.19. The molecule has 5 rings (SSSR count). The van der Waals surface area contributed by atoms with Gasteiger partial charge in [-0.2, -0.15) is 0 Å². The summed E-state index contributed by atoms with van der Waals surface area (Å²) in [4.78, 5) is 16.5. The number of benzene rings is 1. The molecule has 0 amide bonds. The summed E-state index contributed by atoms with van der Waals surface area (Å²) < 4.78 is 34.5. The molecule has 9 heteroatoms. The summed E-state index contributed by atoms with van der Waals surface area (Å²) >= 11 is 0. The third kappa shape index (κ3) is 4.06. The molecule has 1 fully saturated rings. The van der Waals surface area contributed by atoms with Crippen molar-refractivity contribution in [1.82, 2.24) is 29.2 Å². The molecule has 3 aromatic heterocycles. The van der Waals surface area contributed by atoms with E-state index in [9.17, 15) is 13.6 Å². The molecule has 3 heterocycles. The molecule has 3 atom stereocenters. The Hall–Kier alpha value is -3.04. The van der Waals surface area contributed by atoms with Crippen LogP contribution in [-0.4, -0.2) is 36.8 Å². The summed E-state index contributed by atoms with van der Waals surface area (Å²) in [5.74, 6) is -0.393. The van der Waals surface area contributed by atoms with Gasteiger partial charge in [0.1, 0.15) is 17.6 Å². The highest BCUT2D eigenvalue weighted by molar-refractivity contribution is 5.77. The maximum atomic E-state index is 14.9. The van der Waals surface area contributed by atoms with Crippen LogP contribution < -0.4 is 16.3 Å². The predicted octanol–water partition coefficient (Wildman–Crippen LogP) is 2.80. The molecule has 2 N–H and O–H groups in total. The summed E-state index contributed by atoms with van der Waals surface area (Å²) in [5, 5.41) is 6.67. The lowest BCUT2D eigenvalue weighted by Crippen LogP contribution is -2.46. The van der Waals surface area contributed by atoms with Crippen molar-refractivity contribution in [2.75, 3.05) is 0 Å². The van der Waals surface area contributed by atoms with Crippen molar-refractivity contribution in [3.05, 3.63) is 70.3 Å². The van der Waals surface area contributed by atoms with Gasteiger partial charge in [0, 0.05) is 75.1 Å². The molecule has 0 aliphatic heterocycles. The standard InChI is InChI=1S/C24H28F2N6O/c1-30-21-10-16(18(25)12-22(21)31(2)24(30)33)14-29-20-6-5-17(11-19(20)26)28-13-15-4-3-8-32-9-7-27-23(15)32/h3-4,7-10,12,17,19-20,28-29H,5-6,11,13-14H2,1-2H3/t17-,19+,20-/m1/s1. The zero-order valence-corrected chi connectivity index (χ0v) is 18.8. The summed E-state index contributed by atoms with van der Waals surface area (Å²) in [7, 11) is 3.29. The highest BCUT2D eigenvalue weighted by Crippen LogP contribution is 2.24. The smallest absolute Gasteiger partial charge is 0.310 e. The van der Waals surface area contributed by atoms with Crippen molar-refractivity contribution in [3.8, 4) is 0 Å². The lowest BCUT2D eigenvalue weighted by molar-refractivity contribution is 0.160. The van der Waals surface area contributed by atoms with E-state index in [2.05, 4.69) is 15.6 Å². The van der Waals surface area contributed by atoms with Crippen LogP contribution in [0.1, 0.15) is 30.4 Å². The number of aryl methyl sites for hydroxylation is 2. The Morgan fingerprint density at radius 2 is 1.82 bits per heavy atom. The van der Waals surface area contributed by atoms with Crippen molar-refractivity contribution in [1.29, 1.82) is 0 Å². The zero-order valence-electron chi connectivity index (χ0n) is 18.8. The van der Waals surface area contributed by atoms with Crippen LogP contribution in [0, 0.1) is 5.82 Å². The number of halogens is 2. The minimum atomic E-state index is -1.02. The fourth-order valence-corrected chi connectivity index (χ4v) is 4.87. The van der Waals surface area contributed by atoms with E-state index in [-0.39, 0.29) is 24.3 Å². The Bertz CT molecular complexity index is 1360. The van der Waals surface area contributed by atoms with Crippen molar-refractivity contribution in [2.24, 2.45) is 14.1 Å². The van der Waals surface area contributed by atoms with Gasteiger partial charge in [-0.1, -0.05) is 6.07 Å². The van der Waals surface area contributed by atoms with Gasteiger partial charge in [-0.05, 0) is 31.4 Å². The monoisotopic (exact) mass is 454 g/mol. The quantitative estimate of drug-likeness (QED) is 0.470. The summed E-state index contributed by atoms with van der Waals surface area (Å²) in [6, 6.07) is 6.82. The number of nitrogens with zero attached hydrogens (tertiary/aromatic N) is 4. The van der Waals surface area contributed by atoms with Crippen molar-refractivity contribution >= 4 is 16.7 Å². The van der Waals surface area contributed by atoms with Crippen LogP contribution in [0.4, 0.5) is 8.78 Å². The molecular weight excluding hydrogens is 426 g/mol. The fraction of sp³-hybridized carbons (Fsp3) is 0.417. The van der Waals surface area contributed by atoms with Crippen LogP contribution in [0.5, 0.6) is 0 Å². The SMILES string of the molecule is Cn1c(=O)n(C)c2cc(CN[C@@H]3CC[C@@H](NCc4cccn5ccnc45)C[C@@H]3F)c(F)cc21. The molecule has 0 radical (unpaired) electrons. The minimum absolute atomic E-state index is 0.0835. The minimum Gasteiger partial charge on any atom is -0.310 e. The number of rotatable bonds is 6. The molecule has 0 unspecified atom stereocenters. The third-order valence-corrected chi connectivity index (χ3v) is 6.85. The first-order chi connectivity index (χ1) is 15.9. The predicted molar refractivity (Wildman–Crippen MR) is 123 cm³/mol. The van der Waals surface area contributed by atoms with Crippen molar-refractivity contribution < 1.29 is 8.78 Å². The largest absolute Gasteiger partial charge is 0.328 e. The van der Waals surface area contributed by atoms with Crippen LogP contribution >= 0.6 is 0 Å². The number of imidazole rings is 2. The second-order valence-corrected chi connectivity index (χ2v) is 8.92. The van der Waals surface area contributed by atoms with Crippen LogP contribution in [-0.2, 0) is 27.2 Å². The molecule has 33 heavy (non-hydrogen) atoms. The highest BCUT2D eigenvalue weighted by Gasteiger charge is 2.30. The molecule has 1 saturated carbocycles. The van der Waals surface area contributed by atoms with Gasteiger partial charge < -0.3 is 15.0 Å². The topological polar surface area (TPSA) is 68.3 Å². The first kappa shape index (κ1) is 21.8. The Kier molecular flexibility index (Phi) is 5.76. The van der Waals surface area contributed by atoms with E-state index < -0.39 is 12.0 Å². The summed E-state index contributed by atoms with van der Waals surface area (Å²) in [6.45, 7) is 0.855. The van der Waals surface area contributed by atoms with E-state index in [1.807, 2.05) is 28.9 Å². The van der Waals surface area contributed by atoms with E-state index in [1.165, 1.54) is 15.2 Å². The lowest BCUT2D eigenvalue weighted by Gasteiger charge is -2.33. The molecule has 4 aromatic rings. The van der Waals surface area contributed by atoms with Crippen molar-refractivity contribution in [3.63, 3.8) is 0 Å². The van der Waals surface area contributed by atoms with E-state index >= 15 is 0 Å². The lowest BCUT2D eigenvalue weighted by atomic mass is 9.89.